The van der Waals surface area contributed by atoms with E-state index in [1.165, 1.54) is 0 Å². The number of amides is 1. The Labute approximate surface area is 104 Å². The average molecular weight is 250 g/mol. The summed E-state index contributed by atoms with van der Waals surface area (Å²) in [5.74, 6) is 0.555. The number of hydrogen-bond acceptors (Lipinski definition) is 4. The van der Waals surface area contributed by atoms with E-state index >= 15 is 0 Å². The number of hydrogen-bond donors (Lipinski definition) is 2. The van der Waals surface area contributed by atoms with Gasteiger partial charge in [-0.1, -0.05) is 30.3 Å². The fourth-order valence-corrected chi connectivity index (χ4v) is 2.59. The predicted molar refractivity (Wildman–Crippen MR) is 69.3 cm³/mol. The number of nitrogens with zero attached hydrogens (tertiary/aromatic N) is 1. The summed E-state index contributed by atoms with van der Waals surface area (Å²) in [6, 6.07) is 9.51. The summed E-state index contributed by atoms with van der Waals surface area (Å²) in [5, 5.41) is 12.2. The number of thioether (sulfide) groups is 1. The molecule has 17 heavy (non-hydrogen) atoms. The van der Waals surface area contributed by atoms with E-state index in [4.69, 9.17) is 5.11 Å². The zero-order valence-electron chi connectivity index (χ0n) is 9.30. The Balaban J connectivity index is 2.02. The van der Waals surface area contributed by atoms with E-state index in [9.17, 15) is 4.79 Å². The fourth-order valence-electron chi connectivity index (χ4n) is 1.54. The molecule has 1 aromatic rings. The van der Waals surface area contributed by atoms with Gasteiger partial charge >= 0.3 is 0 Å². The summed E-state index contributed by atoms with van der Waals surface area (Å²) < 4.78 is 0. The van der Waals surface area contributed by atoms with Crippen molar-refractivity contribution in [2.45, 2.75) is 6.04 Å². The summed E-state index contributed by atoms with van der Waals surface area (Å²) in [7, 11) is 0. The lowest BCUT2D eigenvalue weighted by atomic mass is 10.2. The van der Waals surface area contributed by atoms with E-state index in [1.807, 2.05) is 30.3 Å². The lowest BCUT2D eigenvalue weighted by Gasteiger charge is -2.05. The van der Waals surface area contributed by atoms with Gasteiger partial charge in [-0.25, -0.2) is 0 Å². The summed E-state index contributed by atoms with van der Waals surface area (Å²) in [6.45, 7) is 0.247. The molecule has 2 N–H and O–H groups in total. The van der Waals surface area contributed by atoms with E-state index < -0.39 is 0 Å². The maximum absolute atomic E-state index is 11.6. The molecule has 0 bridgehead atoms. The normalized spacial score (nSPS) is 18.9. The monoisotopic (exact) mass is 250 g/mol. The Hall–Kier alpha value is -1.33. The van der Waals surface area contributed by atoms with Gasteiger partial charge in [0.1, 0.15) is 6.04 Å². The number of rotatable bonds is 4. The van der Waals surface area contributed by atoms with Crippen LogP contribution in [-0.4, -0.2) is 41.0 Å². The van der Waals surface area contributed by atoms with Gasteiger partial charge in [0.05, 0.1) is 11.7 Å². The van der Waals surface area contributed by atoms with Gasteiger partial charge in [0, 0.05) is 17.9 Å². The molecule has 1 heterocycles. The highest BCUT2D eigenvalue weighted by Crippen LogP contribution is 2.23. The van der Waals surface area contributed by atoms with Crippen molar-refractivity contribution in [2.24, 2.45) is 4.99 Å². The summed E-state index contributed by atoms with van der Waals surface area (Å²) in [5.41, 5.74) is 1.05. The Kier molecular flexibility index (Phi) is 4.17. The molecule has 1 atom stereocenters. The standard InChI is InChI=1S/C12H14N2O2S/c15-7-6-13-11(16)10-8-17-12(14-10)9-4-2-1-3-5-9/h1-5,10,15H,6-8H2,(H,13,16). The third kappa shape index (κ3) is 3.08. The van der Waals surface area contributed by atoms with Crippen molar-refractivity contribution in [3.63, 3.8) is 0 Å². The Morgan fingerprint density at radius 2 is 2.24 bits per heavy atom. The molecule has 0 saturated heterocycles. The predicted octanol–water partition coefficient (Wildman–Crippen LogP) is 0.657. The highest BCUT2D eigenvalue weighted by atomic mass is 32.2. The van der Waals surface area contributed by atoms with Gasteiger partial charge in [-0.15, -0.1) is 11.8 Å². The summed E-state index contributed by atoms with van der Waals surface area (Å²) in [4.78, 5) is 16.0. The van der Waals surface area contributed by atoms with E-state index in [0.717, 1.165) is 10.6 Å². The lowest BCUT2D eigenvalue weighted by Crippen LogP contribution is -2.35. The van der Waals surface area contributed by atoms with Crippen LogP contribution in [0.3, 0.4) is 0 Å². The Bertz CT molecular complexity index is 420. The maximum atomic E-state index is 11.6. The molecule has 2 rings (SSSR count). The van der Waals surface area contributed by atoms with Crippen molar-refractivity contribution in [3.05, 3.63) is 35.9 Å². The number of carbonyl (C=O) groups is 1. The second-order valence-corrected chi connectivity index (χ2v) is 4.65. The average Bonchev–Trinajstić information content (AvgIpc) is 2.86. The molecule has 1 aliphatic heterocycles. The molecule has 0 spiro atoms. The first-order chi connectivity index (χ1) is 8.31. The topological polar surface area (TPSA) is 61.7 Å². The van der Waals surface area contributed by atoms with E-state index in [1.54, 1.807) is 11.8 Å². The molecule has 4 nitrogen and oxygen atoms in total. The third-order valence-corrected chi connectivity index (χ3v) is 3.48. The van der Waals surface area contributed by atoms with Crippen LogP contribution in [-0.2, 0) is 4.79 Å². The van der Waals surface area contributed by atoms with Crippen molar-refractivity contribution in [3.8, 4) is 0 Å². The van der Waals surface area contributed by atoms with Crippen molar-refractivity contribution < 1.29 is 9.90 Å². The van der Waals surface area contributed by atoms with E-state index in [-0.39, 0.29) is 25.1 Å². The summed E-state index contributed by atoms with van der Waals surface area (Å²) in [6.07, 6.45) is 0. The third-order valence-electron chi connectivity index (χ3n) is 2.39. The first-order valence-corrected chi connectivity index (χ1v) is 6.44. The van der Waals surface area contributed by atoms with Gasteiger partial charge in [-0.2, -0.15) is 0 Å². The molecule has 0 saturated carbocycles. The zero-order valence-corrected chi connectivity index (χ0v) is 10.1. The van der Waals surface area contributed by atoms with Crippen LogP contribution in [0.25, 0.3) is 0 Å². The van der Waals surface area contributed by atoms with E-state index in [0.29, 0.717) is 5.75 Å². The number of nitrogens with one attached hydrogen (secondary N) is 1. The minimum Gasteiger partial charge on any atom is -0.395 e. The van der Waals surface area contributed by atoms with Crippen LogP contribution in [0.1, 0.15) is 5.56 Å². The van der Waals surface area contributed by atoms with Crippen LogP contribution >= 0.6 is 11.8 Å². The first-order valence-electron chi connectivity index (χ1n) is 5.46. The van der Waals surface area contributed by atoms with Gasteiger partial charge in [0.2, 0.25) is 5.91 Å². The Morgan fingerprint density at radius 3 is 2.94 bits per heavy atom. The molecule has 1 amide bonds. The van der Waals surface area contributed by atoms with Crippen molar-refractivity contribution in [2.75, 3.05) is 18.9 Å². The summed E-state index contributed by atoms with van der Waals surface area (Å²) >= 11 is 1.59. The zero-order chi connectivity index (χ0) is 12.1. The Morgan fingerprint density at radius 1 is 1.47 bits per heavy atom. The lowest BCUT2D eigenvalue weighted by molar-refractivity contribution is -0.121. The molecule has 0 aromatic heterocycles. The van der Waals surface area contributed by atoms with Crippen LogP contribution in [0.15, 0.2) is 35.3 Å². The molecule has 90 valence electrons. The molecular weight excluding hydrogens is 236 g/mol. The highest BCUT2D eigenvalue weighted by Gasteiger charge is 2.25. The number of aliphatic hydroxyl groups excluding tert-OH is 1. The SMILES string of the molecule is O=C(NCCO)C1CSC(c2ccccc2)=N1. The van der Waals surface area contributed by atoms with Gasteiger partial charge in [-0.3, -0.25) is 9.79 Å². The van der Waals surface area contributed by atoms with Crippen LogP contribution < -0.4 is 5.32 Å². The minimum atomic E-state index is -0.332. The van der Waals surface area contributed by atoms with Gasteiger partial charge < -0.3 is 10.4 Å². The molecule has 1 aromatic carbocycles. The molecule has 0 aliphatic carbocycles. The molecule has 5 heteroatoms. The molecular formula is C12H14N2O2S. The van der Waals surface area contributed by atoms with Crippen LogP contribution in [0.2, 0.25) is 0 Å². The minimum absolute atomic E-state index is 0.0408. The van der Waals surface area contributed by atoms with Crippen LogP contribution in [0.4, 0.5) is 0 Å². The number of aliphatic hydroxyl groups is 1. The maximum Gasteiger partial charge on any atom is 0.245 e. The second kappa shape index (κ2) is 5.84. The van der Waals surface area contributed by atoms with Crippen LogP contribution in [0, 0.1) is 0 Å². The van der Waals surface area contributed by atoms with Gasteiger partial charge in [0.25, 0.3) is 0 Å². The molecule has 1 unspecified atom stereocenters. The number of benzene rings is 1. The fraction of sp³-hybridized carbons (Fsp3) is 0.333. The van der Waals surface area contributed by atoms with Crippen molar-refractivity contribution in [1.29, 1.82) is 0 Å². The number of aliphatic imine (C=N–C) groups is 1. The highest BCUT2D eigenvalue weighted by molar-refractivity contribution is 8.14. The van der Waals surface area contributed by atoms with Crippen molar-refractivity contribution in [1.82, 2.24) is 5.32 Å². The first kappa shape index (κ1) is 12.1. The largest absolute Gasteiger partial charge is 0.395 e. The van der Waals surface area contributed by atoms with Crippen molar-refractivity contribution >= 4 is 22.7 Å². The van der Waals surface area contributed by atoms with E-state index in [2.05, 4.69) is 10.3 Å². The molecule has 1 aliphatic rings. The van der Waals surface area contributed by atoms with Crippen LogP contribution in [0.5, 0.6) is 0 Å². The molecule has 0 fully saturated rings. The second-order valence-electron chi connectivity index (χ2n) is 3.64. The van der Waals surface area contributed by atoms with Gasteiger partial charge in [-0.05, 0) is 0 Å². The van der Waals surface area contributed by atoms with Gasteiger partial charge in [0.15, 0.2) is 0 Å². The number of carbonyl (C=O) groups excluding carboxylic acids is 1. The smallest absolute Gasteiger partial charge is 0.245 e. The quantitative estimate of drug-likeness (QED) is 0.825. The molecule has 0 radical (unpaired) electrons.